The zero-order valence-corrected chi connectivity index (χ0v) is 10.4. The van der Waals surface area contributed by atoms with E-state index in [4.69, 9.17) is 14.2 Å². The summed E-state index contributed by atoms with van der Waals surface area (Å²) in [6.07, 6.45) is 2.51. The molecule has 1 saturated heterocycles. The Labute approximate surface area is 102 Å². The van der Waals surface area contributed by atoms with Gasteiger partial charge in [-0.15, -0.1) is 0 Å². The maximum absolute atomic E-state index is 5.90. The van der Waals surface area contributed by atoms with Crippen LogP contribution in [0, 0.1) is 0 Å². The fourth-order valence-electron chi connectivity index (χ4n) is 2.00. The van der Waals surface area contributed by atoms with Gasteiger partial charge in [-0.05, 0) is 31.5 Å². The molecule has 4 heteroatoms. The normalized spacial score (nSPS) is 19.8. The number of rotatable bonds is 4. The molecule has 0 spiro atoms. The highest BCUT2D eigenvalue weighted by Crippen LogP contribution is 2.31. The standard InChI is InChI=1S/C13H19NO3/c1-15-12-6-5-10(8-13(12)16-2)17-11-4-3-7-14-9-11/h5-6,8,11,14H,3-4,7,9H2,1-2H3. The number of hydrogen-bond acceptors (Lipinski definition) is 4. The van der Waals surface area contributed by atoms with Gasteiger partial charge in [-0.1, -0.05) is 0 Å². The van der Waals surface area contributed by atoms with Gasteiger partial charge in [0.25, 0.3) is 0 Å². The van der Waals surface area contributed by atoms with E-state index in [0.29, 0.717) is 5.75 Å². The number of ether oxygens (including phenoxy) is 3. The van der Waals surface area contributed by atoms with Crippen molar-refractivity contribution < 1.29 is 14.2 Å². The highest BCUT2D eigenvalue weighted by molar-refractivity contribution is 5.45. The van der Waals surface area contributed by atoms with Crippen LogP contribution in [0.2, 0.25) is 0 Å². The van der Waals surface area contributed by atoms with Crippen molar-refractivity contribution in [2.75, 3.05) is 27.3 Å². The third kappa shape index (κ3) is 3.03. The van der Waals surface area contributed by atoms with Gasteiger partial charge in [-0.2, -0.15) is 0 Å². The maximum Gasteiger partial charge on any atom is 0.164 e. The molecule has 94 valence electrons. The third-order valence-electron chi connectivity index (χ3n) is 2.91. The summed E-state index contributed by atoms with van der Waals surface area (Å²) in [6, 6.07) is 5.65. The van der Waals surface area contributed by atoms with E-state index in [1.54, 1.807) is 14.2 Å². The molecule has 1 N–H and O–H groups in total. The SMILES string of the molecule is COc1ccc(OC2CCCNC2)cc1OC. The van der Waals surface area contributed by atoms with Crippen LogP contribution < -0.4 is 19.5 Å². The minimum absolute atomic E-state index is 0.252. The van der Waals surface area contributed by atoms with Crippen LogP contribution in [0.1, 0.15) is 12.8 Å². The van der Waals surface area contributed by atoms with Crippen LogP contribution in [-0.4, -0.2) is 33.4 Å². The Hall–Kier alpha value is -1.42. The zero-order chi connectivity index (χ0) is 12.1. The van der Waals surface area contributed by atoms with Gasteiger partial charge in [0, 0.05) is 12.6 Å². The van der Waals surface area contributed by atoms with Crippen LogP contribution in [0.25, 0.3) is 0 Å². The second kappa shape index (κ2) is 5.77. The van der Waals surface area contributed by atoms with Gasteiger partial charge in [-0.25, -0.2) is 0 Å². The van der Waals surface area contributed by atoms with Gasteiger partial charge in [0.2, 0.25) is 0 Å². The molecule has 17 heavy (non-hydrogen) atoms. The monoisotopic (exact) mass is 237 g/mol. The molecular formula is C13H19NO3. The molecule has 0 amide bonds. The summed E-state index contributed by atoms with van der Waals surface area (Å²) < 4.78 is 16.3. The zero-order valence-electron chi connectivity index (χ0n) is 10.4. The molecule has 0 aliphatic carbocycles. The molecule has 1 aromatic carbocycles. The molecule has 0 bridgehead atoms. The van der Waals surface area contributed by atoms with Crippen LogP contribution in [0.4, 0.5) is 0 Å². The Kier molecular flexibility index (Phi) is 4.09. The average Bonchev–Trinajstić information content (AvgIpc) is 2.40. The summed E-state index contributed by atoms with van der Waals surface area (Å²) in [6.45, 7) is 2.00. The van der Waals surface area contributed by atoms with Gasteiger partial charge >= 0.3 is 0 Å². The van der Waals surface area contributed by atoms with Crippen LogP contribution in [0.5, 0.6) is 17.2 Å². The fraction of sp³-hybridized carbons (Fsp3) is 0.538. The second-order valence-corrected chi connectivity index (χ2v) is 4.10. The lowest BCUT2D eigenvalue weighted by Gasteiger charge is -2.24. The minimum atomic E-state index is 0.252. The van der Waals surface area contributed by atoms with Crippen molar-refractivity contribution in [3.8, 4) is 17.2 Å². The molecule has 1 fully saturated rings. The third-order valence-corrected chi connectivity index (χ3v) is 2.91. The van der Waals surface area contributed by atoms with E-state index < -0.39 is 0 Å². The Morgan fingerprint density at radius 3 is 2.65 bits per heavy atom. The second-order valence-electron chi connectivity index (χ2n) is 4.10. The summed E-state index contributed by atoms with van der Waals surface area (Å²) in [4.78, 5) is 0. The number of hydrogen-bond donors (Lipinski definition) is 1. The van der Waals surface area contributed by atoms with Crippen molar-refractivity contribution in [1.29, 1.82) is 0 Å². The van der Waals surface area contributed by atoms with Crippen LogP contribution in [-0.2, 0) is 0 Å². The number of nitrogens with one attached hydrogen (secondary N) is 1. The molecule has 1 aliphatic rings. The van der Waals surface area contributed by atoms with E-state index in [0.717, 1.165) is 37.4 Å². The van der Waals surface area contributed by atoms with Crippen molar-refractivity contribution in [1.82, 2.24) is 5.32 Å². The lowest BCUT2D eigenvalue weighted by molar-refractivity contribution is 0.166. The molecule has 0 aromatic heterocycles. The van der Waals surface area contributed by atoms with Gasteiger partial charge in [0.15, 0.2) is 11.5 Å². The molecule has 1 aromatic rings. The highest BCUT2D eigenvalue weighted by Gasteiger charge is 2.15. The quantitative estimate of drug-likeness (QED) is 0.867. The number of benzene rings is 1. The average molecular weight is 237 g/mol. The van der Waals surface area contributed by atoms with Gasteiger partial charge < -0.3 is 19.5 Å². The molecule has 0 saturated carbocycles. The van der Waals surface area contributed by atoms with E-state index >= 15 is 0 Å². The van der Waals surface area contributed by atoms with E-state index in [2.05, 4.69) is 5.32 Å². The predicted molar refractivity (Wildman–Crippen MR) is 66.1 cm³/mol. The lowest BCUT2D eigenvalue weighted by Crippen LogP contribution is -2.37. The summed E-state index contributed by atoms with van der Waals surface area (Å²) in [5, 5.41) is 3.33. The number of methoxy groups -OCH3 is 2. The van der Waals surface area contributed by atoms with Crippen LogP contribution in [0.3, 0.4) is 0 Å². The highest BCUT2D eigenvalue weighted by atomic mass is 16.5. The predicted octanol–water partition coefficient (Wildman–Crippen LogP) is 1.83. The van der Waals surface area contributed by atoms with Gasteiger partial charge in [-0.3, -0.25) is 0 Å². The first-order chi connectivity index (χ1) is 8.33. The number of piperidine rings is 1. The molecule has 0 radical (unpaired) electrons. The summed E-state index contributed by atoms with van der Waals surface area (Å²) >= 11 is 0. The van der Waals surface area contributed by atoms with E-state index in [9.17, 15) is 0 Å². The fourth-order valence-corrected chi connectivity index (χ4v) is 2.00. The molecule has 2 rings (SSSR count). The molecule has 1 aliphatic heterocycles. The van der Waals surface area contributed by atoms with Crippen molar-refractivity contribution in [3.63, 3.8) is 0 Å². The van der Waals surface area contributed by atoms with Crippen LogP contribution in [0.15, 0.2) is 18.2 Å². The van der Waals surface area contributed by atoms with Crippen molar-refractivity contribution in [3.05, 3.63) is 18.2 Å². The van der Waals surface area contributed by atoms with E-state index in [1.807, 2.05) is 18.2 Å². The Morgan fingerprint density at radius 1 is 1.18 bits per heavy atom. The topological polar surface area (TPSA) is 39.7 Å². The lowest BCUT2D eigenvalue weighted by atomic mass is 10.1. The first kappa shape index (κ1) is 12.0. The van der Waals surface area contributed by atoms with Gasteiger partial charge in [0.1, 0.15) is 11.9 Å². The first-order valence-electron chi connectivity index (χ1n) is 5.93. The Bertz CT molecular complexity index is 362. The molecular weight excluding hydrogens is 218 g/mol. The summed E-state index contributed by atoms with van der Waals surface area (Å²) in [5.74, 6) is 2.26. The van der Waals surface area contributed by atoms with E-state index in [-0.39, 0.29) is 6.10 Å². The smallest absolute Gasteiger partial charge is 0.164 e. The maximum atomic E-state index is 5.90. The van der Waals surface area contributed by atoms with Crippen LogP contribution >= 0.6 is 0 Å². The first-order valence-corrected chi connectivity index (χ1v) is 5.93. The largest absolute Gasteiger partial charge is 0.493 e. The minimum Gasteiger partial charge on any atom is -0.493 e. The molecule has 1 heterocycles. The van der Waals surface area contributed by atoms with Crippen molar-refractivity contribution in [2.24, 2.45) is 0 Å². The molecule has 1 unspecified atom stereocenters. The Morgan fingerprint density at radius 2 is 2.00 bits per heavy atom. The van der Waals surface area contributed by atoms with Gasteiger partial charge in [0.05, 0.1) is 14.2 Å². The van der Waals surface area contributed by atoms with E-state index in [1.165, 1.54) is 0 Å². The van der Waals surface area contributed by atoms with Crippen molar-refractivity contribution >= 4 is 0 Å². The summed E-state index contributed by atoms with van der Waals surface area (Å²) in [5.41, 5.74) is 0. The molecule has 1 atom stereocenters. The summed E-state index contributed by atoms with van der Waals surface area (Å²) in [7, 11) is 3.26. The van der Waals surface area contributed by atoms with Crippen molar-refractivity contribution in [2.45, 2.75) is 18.9 Å². The molecule has 4 nitrogen and oxygen atoms in total. The Balaban J connectivity index is 2.05.